The molecule has 0 N–H and O–H groups in total. The SMILES string of the molecule is Cn1cc[n+](C)c1[B-]c1ccsc1. The summed E-state index contributed by atoms with van der Waals surface area (Å²) in [4.78, 5) is 0. The molecular weight excluding hydrogens is 179 g/mol. The first-order chi connectivity index (χ1) is 6.27. The van der Waals surface area contributed by atoms with E-state index in [4.69, 9.17) is 0 Å². The Morgan fingerprint density at radius 2 is 2.38 bits per heavy atom. The zero-order valence-corrected chi connectivity index (χ0v) is 8.58. The molecule has 66 valence electrons. The van der Waals surface area contributed by atoms with Gasteiger partial charge in [0.1, 0.15) is 12.4 Å². The molecule has 0 saturated heterocycles. The highest BCUT2D eigenvalue weighted by molar-refractivity contribution is 7.09. The molecule has 2 nitrogen and oxygen atoms in total. The number of aryl methyl sites for hydroxylation is 2. The van der Waals surface area contributed by atoms with Crippen molar-refractivity contribution in [1.82, 2.24) is 4.57 Å². The van der Waals surface area contributed by atoms with Gasteiger partial charge in [-0.3, -0.25) is 14.6 Å². The van der Waals surface area contributed by atoms with Crippen molar-refractivity contribution in [2.75, 3.05) is 0 Å². The van der Waals surface area contributed by atoms with E-state index in [0.29, 0.717) is 0 Å². The standard InChI is InChI=1S/C9H11BN2S/c1-11-4-5-12(2)9(11)10-8-3-6-13-7-8/h3-7H,1-2H3. The third-order valence-electron chi connectivity index (χ3n) is 2.08. The van der Waals surface area contributed by atoms with Gasteiger partial charge in [-0.2, -0.15) is 11.3 Å². The van der Waals surface area contributed by atoms with Crippen LogP contribution >= 0.6 is 11.3 Å². The molecule has 0 fully saturated rings. The average molecular weight is 190 g/mol. The Kier molecular flexibility index (Phi) is 2.23. The molecule has 2 rings (SSSR count). The molecule has 0 spiro atoms. The van der Waals surface area contributed by atoms with Gasteiger partial charge in [0.05, 0.1) is 14.1 Å². The van der Waals surface area contributed by atoms with Crippen LogP contribution in [-0.4, -0.2) is 11.8 Å². The lowest BCUT2D eigenvalue weighted by Gasteiger charge is -2.10. The molecule has 0 atom stereocenters. The lowest BCUT2D eigenvalue weighted by molar-refractivity contribution is -0.652. The quantitative estimate of drug-likeness (QED) is 0.448. The molecule has 2 heterocycles. The molecule has 2 aromatic heterocycles. The molecule has 2 radical (unpaired) electrons. The monoisotopic (exact) mass is 190 g/mol. The maximum atomic E-state index is 2.18. The molecule has 2 aromatic rings. The van der Waals surface area contributed by atoms with Gasteiger partial charge in [-0.1, -0.05) is 6.07 Å². The minimum atomic E-state index is 1.21. The molecule has 0 amide bonds. The fourth-order valence-corrected chi connectivity index (χ4v) is 1.93. The van der Waals surface area contributed by atoms with Crippen molar-refractivity contribution in [2.24, 2.45) is 14.1 Å². The highest BCUT2D eigenvalue weighted by atomic mass is 32.1. The Morgan fingerprint density at radius 3 is 2.92 bits per heavy atom. The van der Waals surface area contributed by atoms with Crippen LogP contribution in [0.3, 0.4) is 0 Å². The van der Waals surface area contributed by atoms with E-state index < -0.39 is 0 Å². The summed E-state index contributed by atoms with van der Waals surface area (Å²) in [6.45, 7) is 0. The number of nitrogens with zero attached hydrogens (tertiary/aromatic N) is 2. The molecule has 4 heteroatoms. The van der Waals surface area contributed by atoms with Crippen molar-refractivity contribution in [3.63, 3.8) is 0 Å². The average Bonchev–Trinajstić information content (AvgIpc) is 2.70. The van der Waals surface area contributed by atoms with Crippen LogP contribution in [0, 0.1) is 0 Å². The molecule has 0 aliphatic heterocycles. The number of aromatic nitrogens is 2. The maximum absolute atomic E-state index is 2.18. The van der Waals surface area contributed by atoms with E-state index in [0.717, 1.165) is 0 Å². The van der Waals surface area contributed by atoms with E-state index in [1.54, 1.807) is 11.3 Å². The van der Waals surface area contributed by atoms with E-state index in [1.165, 1.54) is 11.2 Å². The number of imidazole rings is 1. The Morgan fingerprint density at radius 1 is 1.54 bits per heavy atom. The van der Waals surface area contributed by atoms with Crippen molar-refractivity contribution in [3.8, 4) is 0 Å². The third kappa shape index (κ3) is 1.67. The van der Waals surface area contributed by atoms with Crippen LogP contribution in [0.1, 0.15) is 0 Å². The summed E-state index contributed by atoms with van der Waals surface area (Å²) in [6, 6.07) is 2.12. The first-order valence-electron chi connectivity index (χ1n) is 4.15. The number of rotatable bonds is 2. The largest absolute Gasteiger partial charge is 0.280 e. The highest BCUT2D eigenvalue weighted by Crippen LogP contribution is 1.90. The summed E-state index contributed by atoms with van der Waals surface area (Å²) >= 11 is 1.72. The van der Waals surface area contributed by atoms with Crippen LogP contribution in [-0.2, 0) is 14.1 Å². The van der Waals surface area contributed by atoms with Gasteiger partial charge in [0, 0.05) is 5.72 Å². The van der Waals surface area contributed by atoms with Gasteiger partial charge in [0.15, 0.2) is 0 Å². The van der Waals surface area contributed by atoms with Crippen molar-refractivity contribution in [3.05, 3.63) is 29.2 Å². The second kappa shape index (κ2) is 3.38. The van der Waals surface area contributed by atoms with Gasteiger partial charge >= 0.3 is 0 Å². The fraction of sp³-hybridized carbons (Fsp3) is 0.222. The molecule has 0 aliphatic carbocycles. The van der Waals surface area contributed by atoms with Crippen LogP contribution in [0.2, 0.25) is 0 Å². The summed E-state index contributed by atoms with van der Waals surface area (Å²) in [6.07, 6.45) is 4.11. The van der Waals surface area contributed by atoms with Gasteiger partial charge < -0.3 is 0 Å². The van der Waals surface area contributed by atoms with Crippen LogP contribution in [0.5, 0.6) is 0 Å². The van der Waals surface area contributed by atoms with Crippen molar-refractivity contribution >= 4 is 29.8 Å². The van der Waals surface area contributed by atoms with E-state index in [1.807, 2.05) is 0 Å². The topological polar surface area (TPSA) is 8.81 Å². The smallest absolute Gasteiger partial charge is 0.125 e. The van der Waals surface area contributed by atoms with Crippen LogP contribution in [0.4, 0.5) is 0 Å². The van der Waals surface area contributed by atoms with Crippen molar-refractivity contribution < 1.29 is 4.57 Å². The summed E-state index contributed by atoms with van der Waals surface area (Å²) in [5.74, 6) is 0. The van der Waals surface area contributed by atoms with Crippen LogP contribution in [0.25, 0.3) is 0 Å². The van der Waals surface area contributed by atoms with Crippen molar-refractivity contribution in [1.29, 1.82) is 0 Å². The lowest BCUT2D eigenvalue weighted by atomic mass is 9.70. The molecule has 0 unspecified atom stereocenters. The molecule has 0 aliphatic rings. The van der Waals surface area contributed by atoms with Crippen LogP contribution in [0.15, 0.2) is 29.2 Å². The van der Waals surface area contributed by atoms with Crippen LogP contribution < -0.4 is 15.8 Å². The van der Waals surface area contributed by atoms with Gasteiger partial charge in [-0.25, -0.2) is 0 Å². The summed E-state index contributed by atoms with van der Waals surface area (Å²) < 4.78 is 4.22. The van der Waals surface area contributed by atoms with E-state index in [-0.39, 0.29) is 0 Å². The number of thiophene rings is 1. The number of hydrogen-bond donors (Lipinski definition) is 0. The van der Waals surface area contributed by atoms with E-state index >= 15 is 0 Å². The Bertz CT molecular complexity index is 372. The minimum absolute atomic E-state index is 1.21. The highest BCUT2D eigenvalue weighted by Gasteiger charge is 1.98. The molecular formula is C9H11BN2S. The van der Waals surface area contributed by atoms with Gasteiger partial charge in [0.25, 0.3) is 0 Å². The second-order valence-electron chi connectivity index (χ2n) is 3.08. The summed E-state index contributed by atoms with van der Waals surface area (Å²) in [5.41, 5.74) is 2.47. The first kappa shape index (κ1) is 8.57. The van der Waals surface area contributed by atoms with E-state index in [2.05, 4.69) is 59.7 Å². The minimum Gasteiger partial charge on any atom is -0.280 e. The third-order valence-corrected chi connectivity index (χ3v) is 2.78. The van der Waals surface area contributed by atoms with Gasteiger partial charge in [-0.05, 0) is 10.8 Å². The Hall–Kier alpha value is -1.03. The predicted molar refractivity (Wildman–Crippen MR) is 55.9 cm³/mol. The Labute approximate surface area is 82.7 Å². The number of hydrogen-bond acceptors (Lipinski definition) is 1. The zero-order valence-electron chi connectivity index (χ0n) is 7.77. The predicted octanol–water partition coefficient (Wildman–Crippen LogP) is -0.434. The van der Waals surface area contributed by atoms with E-state index in [9.17, 15) is 0 Å². The molecule has 0 bridgehead atoms. The van der Waals surface area contributed by atoms with Crippen molar-refractivity contribution in [2.45, 2.75) is 0 Å². The second-order valence-corrected chi connectivity index (χ2v) is 3.86. The summed E-state index contributed by atoms with van der Waals surface area (Å²) in [7, 11) is 6.28. The Balaban J connectivity index is 2.27. The normalized spacial score (nSPS) is 10.6. The zero-order chi connectivity index (χ0) is 9.26. The first-order valence-corrected chi connectivity index (χ1v) is 5.09. The maximum Gasteiger partial charge on any atom is 0.125 e. The summed E-state index contributed by atoms with van der Waals surface area (Å²) in [5, 5.41) is 4.24. The molecule has 0 saturated carbocycles. The lowest BCUT2D eigenvalue weighted by Crippen LogP contribution is -2.52. The van der Waals surface area contributed by atoms with Gasteiger partial charge in [-0.15, -0.1) is 7.28 Å². The molecule has 0 aromatic carbocycles. The van der Waals surface area contributed by atoms with Gasteiger partial charge in [0.2, 0.25) is 0 Å². The fourth-order valence-electron chi connectivity index (χ4n) is 1.31. The molecule has 13 heavy (non-hydrogen) atoms.